The molecule has 1 N–H and O–H groups in total. The van der Waals surface area contributed by atoms with Crippen molar-refractivity contribution in [2.45, 2.75) is 45.6 Å². The van der Waals surface area contributed by atoms with Gasteiger partial charge in [0.25, 0.3) is 0 Å². The van der Waals surface area contributed by atoms with Gasteiger partial charge in [-0.3, -0.25) is 4.79 Å². The number of fused-ring (bicyclic) bond motifs is 3. The lowest BCUT2D eigenvalue weighted by Gasteiger charge is -2.28. The fourth-order valence-corrected chi connectivity index (χ4v) is 4.26. The normalized spacial score (nSPS) is 15.4. The number of phenols is 1. The number of methoxy groups -OCH3 is 2. The maximum atomic E-state index is 13.2. The lowest BCUT2D eigenvalue weighted by molar-refractivity contribution is 0.0851. The molecular formula is C25H26O7. The largest absolute Gasteiger partial charge is 0.502 e. The highest BCUT2D eigenvalue weighted by Crippen LogP contribution is 2.45. The molecule has 0 radical (unpaired) electrons. The molecule has 32 heavy (non-hydrogen) atoms. The predicted octanol–water partition coefficient (Wildman–Crippen LogP) is 4.87. The van der Waals surface area contributed by atoms with E-state index in [9.17, 15) is 14.7 Å². The summed E-state index contributed by atoms with van der Waals surface area (Å²) < 4.78 is 22.4. The quantitative estimate of drug-likeness (QED) is 0.548. The molecule has 0 spiro atoms. The number of unbranched alkanes of at least 4 members (excludes halogenated alkanes) is 1. The molecule has 0 amide bonds. The number of Topliss-reactive ketones (excluding diaryl/α,β-unsaturated/α-hetero) is 1. The van der Waals surface area contributed by atoms with Crippen LogP contribution < -0.4 is 19.8 Å². The summed E-state index contributed by atoms with van der Waals surface area (Å²) in [5, 5.41) is 10.9. The van der Waals surface area contributed by atoms with Crippen LogP contribution in [-0.4, -0.2) is 25.1 Å². The second kappa shape index (κ2) is 8.57. The first kappa shape index (κ1) is 21.7. The van der Waals surface area contributed by atoms with Crippen LogP contribution in [0.15, 0.2) is 33.5 Å². The van der Waals surface area contributed by atoms with Crippen LogP contribution in [0.4, 0.5) is 0 Å². The molecule has 168 valence electrons. The Balaban J connectivity index is 1.90. The van der Waals surface area contributed by atoms with E-state index in [0.29, 0.717) is 39.8 Å². The van der Waals surface area contributed by atoms with Crippen molar-refractivity contribution in [3.8, 4) is 23.0 Å². The van der Waals surface area contributed by atoms with Gasteiger partial charge in [0.15, 0.2) is 17.3 Å². The lowest BCUT2D eigenvalue weighted by Crippen LogP contribution is -2.22. The molecule has 0 saturated heterocycles. The number of benzene rings is 2. The zero-order valence-electron chi connectivity index (χ0n) is 18.6. The maximum absolute atomic E-state index is 13.2. The monoisotopic (exact) mass is 438 g/mol. The van der Waals surface area contributed by atoms with Crippen LogP contribution in [0.1, 0.15) is 59.3 Å². The Morgan fingerprint density at radius 2 is 1.78 bits per heavy atom. The summed E-state index contributed by atoms with van der Waals surface area (Å²) in [7, 11) is 2.89. The molecule has 2 heterocycles. The molecular weight excluding hydrogens is 412 g/mol. The van der Waals surface area contributed by atoms with Crippen molar-refractivity contribution in [2.24, 2.45) is 0 Å². The second-order valence-electron chi connectivity index (χ2n) is 7.97. The number of ketones is 1. The van der Waals surface area contributed by atoms with E-state index in [1.54, 1.807) is 18.2 Å². The summed E-state index contributed by atoms with van der Waals surface area (Å²) >= 11 is 0. The molecule has 0 fully saturated rings. The SMILES string of the molecule is CCCCc1cc(=O)oc2cc(C)c3c(c12)O[C@H](c1cc(OC)c(O)c(OC)c1)CC3=O. The van der Waals surface area contributed by atoms with Gasteiger partial charge in [-0.1, -0.05) is 13.3 Å². The van der Waals surface area contributed by atoms with Crippen molar-refractivity contribution < 1.29 is 28.5 Å². The Bertz CT molecular complexity index is 1230. The van der Waals surface area contributed by atoms with Crippen molar-refractivity contribution >= 4 is 16.8 Å². The number of phenolic OH excluding ortho intramolecular Hbond substituents is 1. The Labute approximate surface area is 185 Å². The molecule has 1 aliphatic heterocycles. The van der Waals surface area contributed by atoms with Gasteiger partial charge in [0.2, 0.25) is 5.75 Å². The summed E-state index contributed by atoms with van der Waals surface area (Å²) in [4.78, 5) is 25.4. The number of aromatic hydroxyl groups is 1. The summed E-state index contributed by atoms with van der Waals surface area (Å²) in [5.41, 5.74) is 2.65. The van der Waals surface area contributed by atoms with Crippen LogP contribution >= 0.6 is 0 Å². The van der Waals surface area contributed by atoms with E-state index in [4.69, 9.17) is 18.6 Å². The van der Waals surface area contributed by atoms with E-state index in [0.717, 1.165) is 18.4 Å². The lowest BCUT2D eigenvalue weighted by atomic mass is 9.90. The summed E-state index contributed by atoms with van der Waals surface area (Å²) in [6, 6.07) is 6.49. The first-order chi connectivity index (χ1) is 15.4. The molecule has 4 rings (SSSR count). The number of aryl methyl sites for hydroxylation is 2. The Kier molecular flexibility index (Phi) is 5.82. The van der Waals surface area contributed by atoms with Crippen molar-refractivity contribution in [2.75, 3.05) is 14.2 Å². The van der Waals surface area contributed by atoms with Crippen LogP contribution in [0.3, 0.4) is 0 Å². The molecule has 1 aromatic heterocycles. The number of carbonyl (C=O) groups excluding carboxylic acids is 1. The fourth-order valence-electron chi connectivity index (χ4n) is 4.26. The third kappa shape index (κ3) is 3.68. The van der Waals surface area contributed by atoms with Crippen LogP contribution in [0, 0.1) is 6.92 Å². The molecule has 0 aliphatic carbocycles. The van der Waals surface area contributed by atoms with E-state index in [-0.39, 0.29) is 29.5 Å². The average molecular weight is 438 g/mol. The zero-order chi connectivity index (χ0) is 23.0. The predicted molar refractivity (Wildman–Crippen MR) is 119 cm³/mol. The van der Waals surface area contributed by atoms with Gasteiger partial charge in [-0.05, 0) is 49.1 Å². The van der Waals surface area contributed by atoms with Crippen LogP contribution in [0.5, 0.6) is 23.0 Å². The van der Waals surface area contributed by atoms with Gasteiger partial charge in [0.1, 0.15) is 17.4 Å². The van der Waals surface area contributed by atoms with Crippen molar-refractivity contribution in [3.63, 3.8) is 0 Å². The topological polar surface area (TPSA) is 95.2 Å². The zero-order valence-corrected chi connectivity index (χ0v) is 18.6. The summed E-state index contributed by atoms with van der Waals surface area (Å²) in [6.45, 7) is 3.89. The van der Waals surface area contributed by atoms with Gasteiger partial charge < -0.3 is 23.7 Å². The summed E-state index contributed by atoms with van der Waals surface area (Å²) in [6.07, 6.45) is 2.04. The maximum Gasteiger partial charge on any atom is 0.336 e. The first-order valence-corrected chi connectivity index (χ1v) is 10.6. The van der Waals surface area contributed by atoms with Gasteiger partial charge in [0.05, 0.1) is 31.6 Å². The first-order valence-electron chi connectivity index (χ1n) is 10.6. The number of ether oxygens (including phenoxy) is 3. The Morgan fingerprint density at radius 3 is 2.41 bits per heavy atom. The van der Waals surface area contributed by atoms with Gasteiger partial charge >= 0.3 is 5.63 Å². The standard InChI is InChI=1S/C25H26O7/c1-5-6-7-14-11-21(27)31-18-8-13(2)22-16(26)12-17(32-25(22)23(14)18)15-9-19(29-3)24(28)20(10-15)30-4/h8-11,17,28H,5-7,12H2,1-4H3/t17-/m0/s1. The minimum Gasteiger partial charge on any atom is -0.502 e. The smallest absolute Gasteiger partial charge is 0.336 e. The van der Waals surface area contributed by atoms with Gasteiger partial charge in [-0.25, -0.2) is 4.79 Å². The van der Waals surface area contributed by atoms with Crippen molar-refractivity contribution in [1.82, 2.24) is 0 Å². The van der Waals surface area contributed by atoms with Gasteiger partial charge in [-0.15, -0.1) is 0 Å². The molecule has 0 saturated carbocycles. The summed E-state index contributed by atoms with van der Waals surface area (Å²) in [5.74, 6) is 0.706. The highest BCUT2D eigenvalue weighted by molar-refractivity contribution is 6.07. The molecule has 1 atom stereocenters. The van der Waals surface area contributed by atoms with Crippen molar-refractivity contribution in [1.29, 1.82) is 0 Å². The number of carbonyl (C=O) groups is 1. The highest BCUT2D eigenvalue weighted by Gasteiger charge is 2.33. The minimum atomic E-state index is -0.616. The molecule has 7 nitrogen and oxygen atoms in total. The van der Waals surface area contributed by atoms with Crippen LogP contribution in [0.2, 0.25) is 0 Å². The van der Waals surface area contributed by atoms with Crippen LogP contribution in [-0.2, 0) is 6.42 Å². The fraction of sp³-hybridized carbons (Fsp3) is 0.360. The molecule has 1 aliphatic rings. The van der Waals surface area contributed by atoms with E-state index < -0.39 is 11.7 Å². The third-order valence-corrected chi connectivity index (χ3v) is 5.85. The highest BCUT2D eigenvalue weighted by atomic mass is 16.5. The Morgan fingerprint density at radius 1 is 1.09 bits per heavy atom. The van der Waals surface area contributed by atoms with Crippen molar-refractivity contribution in [3.05, 3.63) is 56.9 Å². The number of rotatable bonds is 6. The van der Waals surface area contributed by atoms with Crippen LogP contribution in [0.25, 0.3) is 11.0 Å². The van der Waals surface area contributed by atoms with E-state index >= 15 is 0 Å². The molecule has 3 aromatic rings. The molecule has 0 bridgehead atoms. The molecule has 2 aromatic carbocycles. The number of hydrogen-bond acceptors (Lipinski definition) is 7. The van der Waals surface area contributed by atoms with E-state index in [2.05, 4.69) is 6.92 Å². The average Bonchev–Trinajstić information content (AvgIpc) is 2.76. The molecule has 0 unspecified atom stereocenters. The Hall–Kier alpha value is -3.48. The molecule has 7 heteroatoms. The third-order valence-electron chi connectivity index (χ3n) is 5.85. The van der Waals surface area contributed by atoms with Gasteiger partial charge in [0, 0.05) is 11.6 Å². The number of hydrogen-bond donors (Lipinski definition) is 1. The second-order valence-corrected chi connectivity index (χ2v) is 7.97. The minimum absolute atomic E-state index is 0.0608. The van der Waals surface area contributed by atoms with Gasteiger partial charge in [-0.2, -0.15) is 0 Å². The van der Waals surface area contributed by atoms with E-state index in [1.807, 2.05) is 6.92 Å². The van der Waals surface area contributed by atoms with E-state index in [1.165, 1.54) is 20.3 Å².